The van der Waals surface area contributed by atoms with Gasteiger partial charge < -0.3 is 10.4 Å². The van der Waals surface area contributed by atoms with Gasteiger partial charge in [0.05, 0.1) is 5.92 Å². The first-order chi connectivity index (χ1) is 8.95. The molecular weight excluding hydrogens is 357 g/mol. The number of hydrogen-bond donors (Lipinski definition) is 2. The molecule has 0 saturated carbocycles. The Kier molecular flexibility index (Phi) is 6.27. The largest absolute Gasteiger partial charge is 0.481 e. The number of aryl methyl sites for hydroxylation is 1. The zero-order valence-corrected chi connectivity index (χ0v) is 13.2. The number of nitrogens with one attached hydrogen (secondary N) is 1. The summed E-state index contributed by atoms with van der Waals surface area (Å²) in [5, 5.41) is 11.7. The van der Waals surface area contributed by atoms with E-state index in [0.29, 0.717) is 12.0 Å². The number of rotatable bonds is 6. The minimum atomic E-state index is -0.861. The maximum Gasteiger partial charge on any atom is 0.308 e. The van der Waals surface area contributed by atoms with Gasteiger partial charge in [-0.1, -0.05) is 19.4 Å². The first-order valence-electron chi connectivity index (χ1n) is 6.22. The summed E-state index contributed by atoms with van der Waals surface area (Å²) in [7, 11) is 0. The molecule has 0 aliphatic rings. The quantitative estimate of drug-likeness (QED) is 0.752. The molecule has 0 bridgehead atoms. The molecule has 2 N–H and O–H groups in total. The van der Waals surface area contributed by atoms with Crippen LogP contribution in [0, 0.1) is 16.4 Å². The van der Waals surface area contributed by atoms with E-state index in [1.807, 2.05) is 19.9 Å². The Balaban J connectivity index is 2.63. The van der Waals surface area contributed by atoms with Crippen molar-refractivity contribution in [2.45, 2.75) is 26.7 Å². The van der Waals surface area contributed by atoms with E-state index in [9.17, 15) is 9.59 Å². The standard InChI is InChI=1S/C14H18INO3/c1-3-4-11(14(18)19)8-16-13(17)10-6-5-9(2)12(15)7-10/h5-7,11H,3-4,8H2,1-2H3,(H,16,17)(H,18,19). The summed E-state index contributed by atoms with van der Waals surface area (Å²) in [5.74, 6) is -1.60. The van der Waals surface area contributed by atoms with Crippen molar-refractivity contribution in [3.05, 3.63) is 32.9 Å². The minimum absolute atomic E-state index is 0.173. The fourth-order valence-electron chi connectivity index (χ4n) is 1.71. The van der Waals surface area contributed by atoms with Gasteiger partial charge in [0.1, 0.15) is 0 Å². The maximum atomic E-state index is 11.9. The fourth-order valence-corrected chi connectivity index (χ4v) is 2.23. The van der Waals surface area contributed by atoms with Gasteiger partial charge in [-0.05, 0) is 53.6 Å². The molecule has 1 aromatic carbocycles. The SMILES string of the molecule is CCCC(CNC(=O)c1ccc(C)c(I)c1)C(=O)O. The number of carbonyl (C=O) groups excluding carboxylic acids is 1. The normalized spacial score (nSPS) is 11.9. The molecule has 0 saturated heterocycles. The van der Waals surface area contributed by atoms with Crippen molar-refractivity contribution in [1.82, 2.24) is 5.32 Å². The van der Waals surface area contributed by atoms with Crippen molar-refractivity contribution in [2.75, 3.05) is 6.54 Å². The Morgan fingerprint density at radius 2 is 2.11 bits per heavy atom. The molecule has 0 aliphatic carbocycles. The molecule has 0 heterocycles. The van der Waals surface area contributed by atoms with Crippen LogP contribution in [0.25, 0.3) is 0 Å². The van der Waals surface area contributed by atoms with Crippen molar-refractivity contribution in [3.8, 4) is 0 Å². The van der Waals surface area contributed by atoms with E-state index in [2.05, 4.69) is 27.9 Å². The Labute approximate surface area is 126 Å². The van der Waals surface area contributed by atoms with Gasteiger partial charge in [-0.25, -0.2) is 0 Å². The first kappa shape index (κ1) is 15.9. The van der Waals surface area contributed by atoms with Crippen LogP contribution in [0.4, 0.5) is 0 Å². The molecule has 1 rings (SSSR count). The average molecular weight is 375 g/mol. The molecule has 19 heavy (non-hydrogen) atoms. The van der Waals surface area contributed by atoms with Crippen molar-refractivity contribution >= 4 is 34.5 Å². The molecule has 1 unspecified atom stereocenters. The number of carboxylic acids is 1. The Morgan fingerprint density at radius 1 is 1.42 bits per heavy atom. The molecular formula is C14H18INO3. The number of carboxylic acid groups (broad SMARTS) is 1. The summed E-state index contributed by atoms with van der Waals surface area (Å²) < 4.78 is 1.02. The predicted molar refractivity (Wildman–Crippen MR) is 82.3 cm³/mol. The van der Waals surface area contributed by atoms with Gasteiger partial charge in [0.25, 0.3) is 5.91 Å². The highest BCUT2D eigenvalue weighted by molar-refractivity contribution is 14.1. The third-order valence-corrected chi connectivity index (χ3v) is 4.09. The van der Waals surface area contributed by atoms with Gasteiger partial charge >= 0.3 is 5.97 Å². The number of benzene rings is 1. The van der Waals surface area contributed by atoms with Crippen LogP contribution in [0.2, 0.25) is 0 Å². The minimum Gasteiger partial charge on any atom is -0.481 e. The number of halogens is 1. The van der Waals surface area contributed by atoms with E-state index in [1.165, 1.54) is 0 Å². The lowest BCUT2D eigenvalue weighted by molar-refractivity contribution is -0.141. The second-order valence-electron chi connectivity index (χ2n) is 4.50. The van der Waals surface area contributed by atoms with E-state index >= 15 is 0 Å². The van der Waals surface area contributed by atoms with Crippen molar-refractivity contribution in [3.63, 3.8) is 0 Å². The van der Waals surface area contributed by atoms with Gasteiger partial charge in [0, 0.05) is 15.7 Å². The van der Waals surface area contributed by atoms with Crippen LogP contribution in [0.15, 0.2) is 18.2 Å². The molecule has 0 radical (unpaired) electrons. The van der Waals surface area contributed by atoms with Crippen molar-refractivity contribution in [2.24, 2.45) is 5.92 Å². The maximum absolute atomic E-state index is 11.9. The molecule has 0 spiro atoms. The summed E-state index contributed by atoms with van der Waals surface area (Å²) in [6, 6.07) is 5.45. The van der Waals surface area contributed by atoms with E-state index in [4.69, 9.17) is 5.11 Å². The highest BCUT2D eigenvalue weighted by Crippen LogP contribution is 2.13. The lowest BCUT2D eigenvalue weighted by Crippen LogP contribution is -2.32. The lowest BCUT2D eigenvalue weighted by Gasteiger charge is -2.12. The van der Waals surface area contributed by atoms with Gasteiger partial charge in [-0.15, -0.1) is 0 Å². The van der Waals surface area contributed by atoms with Crippen LogP contribution < -0.4 is 5.32 Å². The first-order valence-corrected chi connectivity index (χ1v) is 7.30. The van der Waals surface area contributed by atoms with E-state index in [0.717, 1.165) is 15.6 Å². The lowest BCUT2D eigenvalue weighted by atomic mass is 10.0. The summed E-state index contributed by atoms with van der Waals surface area (Å²) in [6.07, 6.45) is 1.36. The third-order valence-electron chi connectivity index (χ3n) is 2.93. The van der Waals surface area contributed by atoms with Crippen LogP contribution in [-0.4, -0.2) is 23.5 Å². The zero-order valence-electron chi connectivity index (χ0n) is 11.1. The van der Waals surface area contributed by atoms with Gasteiger partial charge in [-0.3, -0.25) is 9.59 Å². The number of aliphatic carboxylic acids is 1. The van der Waals surface area contributed by atoms with Crippen LogP contribution in [-0.2, 0) is 4.79 Å². The van der Waals surface area contributed by atoms with Crippen LogP contribution >= 0.6 is 22.6 Å². The number of amides is 1. The Hall–Kier alpha value is -1.11. The summed E-state index contributed by atoms with van der Waals surface area (Å²) in [5.41, 5.74) is 1.68. The smallest absolute Gasteiger partial charge is 0.308 e. The molecule has 0 aromatic heterocycles. The van der Waals surface area contributed by atoms with Gasteiger partial charge in [0.15, 0.2) is 0 Å². The summed E-state index contributed by atoms with van der Waals surface area (Å²) in [4.78, 5) is 22.9. The molecule has 1 amide bonds. The highest BCUT2D eigenvalue weighted by atomic mass is 127. The molecule has 104 valence electrons. The van der Waals surface area contributed by atoms with Crippen molar-refractivity contribution in [1.29, 1.82) is 0 Å². The molecule has 1 aromatic rings. The number of hydrogen-bond acceptors (Lipinski definition) is 2. The number of carbonyl (C=O) groups is 2. The molecule has 5 heteroatoms. The van der Waals surface area contributed by atoms with E-state index < -0.39 is 11.9 Å². The molecule has 1 atom stereocenters. The topological polar surface area (TPSA) is 66.4 Å². The summed E-state index contributed by atoms with van der Waals surface area (Å²) in [6.45, 7) is 4.08. The van der Waals surface area contributed by atoms with Gasteiger partial charge in [-0.2, -0.15) is 0 Å². The van der Waals surface area contributed by atoms with Gasteiger partial charge in [0.2, 0.25) is 0 Å². The average Bonchev–Trinajstić information content (AvgIpc) is 2.37. The zero-order chi connectivity index (χ0) is 14.4. The van der Waals surface area contributed by atoms with E-state index in [-0.39, 0.29) is 12.5 Å². The monoisotopic (exact) mass is 375 g/mol. The van der Waals surface area contributed by atoms with E-state index in [1.54, 1.807) is 12.1 Å². The molecule has 0 fully saturated rings. The Morgan fingerprint density at radius 3 is 2.63 bits per heavy atom. The predicted octanol–water partition coefficient (Wildman–Crippen LogP) is 2.83. The molecule has 0 aliphatic heterocycles. The second kappa shape index (κ2) is 7.47. The van der Waals surface area contributed by atoms with Crippen LogP contribution in [0.5, 0.6) is 0 Å². The van der Waals surface area contributed by atoms with Crippen LogP contribution in [0.1, 0.15) is 35.7 Å². The second-order valence-corrected chi connectivity index (χ2v) is 5.66. The summed E-state index contributed by atoms with van der Waals surface area (Å²) >= 11 is 2.17. The highest BCUT2D eigenvalue weighted by Gasteiger charge is 2.17. The van der Waals surface area contributed by atoms with Crippen molar-refractivity contribution < 1.29 is 14.7 Å². The third kappa shape index (κ3) is 4.81. The Bertz CT molecular complexity index is 474. The fraction of sp³-hybridized carbons (Fsp3) is 0.429. The van der Waals surface area contributed by atoms with Crippen LogP contribution in [0.3, 0.4) is 0 Å². The molecule has 4 nitrogen and oxygen atoms in total.